The lowest BCUT2D eigenvalue weighted by Crippen LogP contribution is -2.51. The lowest BCUT2D eigenvalue weighted by atomic mass is 9.93. The summed E-state index contributed by atoms with van der Waals surface area (Å²) in [7, 11) is 0. The van der Waals surface area contributed by atoms with Gasteiger partial charge in [-0.2, -0.15) is 11.8 Å². The summed E-state index contributed by atoms with van der Waals surface area (Å²) < 4.78 is 0. The van der Waals surface area contributed by atoms with E-state index in [1.807, 2.05) is 6.92 Å². The molecule has 2 rings (SSSR count). The second-order valence-corrected chi connectivity index (χ2v) is 6.71. The monoisotopic (exact) mass is 256 g/mol. The van der Waals surface area contributed by atoms with Crippen LogP contribution in [-0.2, 0) is 4.79 Å². The van der Waals surface area contributed by atoms with E-state index in [2.05, 4.69) is 16.7 Å². The molecule has 0 aromatic rings. The first-order chi connectivity index (χ1) is 8.18. The van der Waals surface area contributed by atoms with E-state index in [0.29, 0.717) is 23.6 Å². The van der Waals surface area contributed by atoms with Crippen molar-refractivity contribution in [3.05, 3.63) is 0 Å². The molecule has 17 heavy (non-hydrogen) atoms. The van der Waals surface area contributed by atoms with Crippen LogP contribution in [0.4, 0.5) is 0 Å². The number of hydrogen-bond donors (Lipinski definition) is 1. The van der Waals surface area contributed by atoms with Gasteiger partial charge in [0.05, 0.1) is 0 Å². The smallest absolute Gasteiger partial charge is 0.222 e. The molecule has 2 aliphatic rings. The first kappa shape index (κ1) is 13.2. The van der Waals surface area contributed by atoms with Crippen molar-refractivity contribution in [3.8, 4) is 0 Å². The molecule has 4 heteroatoms. The number of carbonyl (C=O) groups excluding carboxylic acids is 1. The summed E-state index contributed by atoms with van der Waals surface area (Å²) in [5, 5.41) is 0.705. The molecule has 0 bridgehead atoms. The van der Waals surface area contributed by atoms with Crippen molar-refractivity contribution in [2.75, 3.05) is 12.3 Å². The van der Waals surface area contributed by atoms with Crippen molar-refractivity contribution in [2.45, 2.75) is 62.8 Å². The predicted octanol–water partition coefficient (Wildman–Crippen LogP) is 2.00. The quantitative estimate of drug-likeness (QED) is 0.840. The second kappa shape index (κ2) is 6.10. The van der Waals surface area contributed by atoms with Crippen LogP contribution in [0.25, 0.3) is 0 Å². The van der Waals surface area contributed by atoms with Crippen LogP contribution in [0.5, 0.6) is 0 Å². The third-order valence-electron chi connectivity index (χ3n) is 3.87. The van der Waals surface area contributed by atoms with E-state index in [4.69, 9.17) is 5.73 Å². The molecule has 3 atom stereocenters. The molecule has 3 nitrogen and oxygen atoms in total. The first-order valence-electron chi connectivity index (χ1n) is 6.85. The number of nitrogens with two attached hydrogens (primary N) is 1. The predicted molar refractivity (Wildman–Crippen MR) is 73.1 cm³/mol. The Labute approximate surface area is 108 Å². The molecule has 1 aliphatic carbocycles. The molecular weight excluding hydrogens is 232 g/mol. The van der Waals surface area contributed by atoms with Crippen LogP contribution < -0.4 is 5.73 Å². The van der Waals surface area contributed by atoms with Crippen molar-refractivity contribution in [3.63, 3.8) is 0 Å². The summed E-state index contributed by atoms with van der Waals surface area (Å²) >= 11 is 2.07. The zero-order chi connectivity index (χ0) is 12.3. The Bertz CT molecular complexity index is 268. The van der Waals surface area contributed by atoms with Gasteiger partial charge >= 0.3 is 0 Å². The molecule has 0 aromatic heterocycles. The number of thioether (sulfide) groups is 1. The van der Waals surface area contributed by atoms with E-state index in [9.17, 15) is 4.79 Å². The third kappa shape index (κ3) is 3.38. The fourth-order valence-corrected chi connectivity index (χ4v) is 4.34. The zero-order valence-corrected chi connectivity index (χ0v) is 11.5. The third-order valence-corrected chi connectivity index (χ3v) is 5.26. The fourth-order valence-electron chi connectivity index (χ4n) is 2.90. The highest BCUT2D eigenvalue weighted by Gasteiger charge is 2.35. The van der Waals surface area contributed by atoms with E-state index in [-0.39, 0.29) is 6.04 Å². The van der Waals surface area contributed by atoms with Gasteiger partial charge in [-0.3, -0.25) is 4.79 Å². The molecular formula is C13H24N2OS. The molecule has 0 aromatic carbocycles. The highest BCUT2D eigenvalue weighted by molar-refractivity contribution is 8.00. The second-order valence-electron chi connectivity index (χ2n) is 5.36. The van der Waals surface area contributed by atoms with Crippen LogP contribution >= 0.6 is 11.8 Å². The van der Waals surface area contributed by atoms with E-state index in [1.54, 1.807) is 0 Å². The number of hydrogen-bond acceptors (Lipinski definition) is 3. The van der Waals surface area contributed by atoms with Gasteiger partial charge in [0.1, 0.15) is 0 Å². The van der Waals surface area contributed by atoms with Gasteiger partial charge in [-0.1, -0.05) is 12.8 Å². The van der Waals surface area contributed by atoms with Gasteiger partial charge in [-0.25, -0.2) is 0 Å². The molecule has 2 fully saturated rings. The molecule has 0 radical (unpaired) electrons. The van der Waals surface area contributed by atoms with Crippen LogP contribution in [0.3, 0.4) is 0 Å². The van der Waals surface area contributed by atoms with E-state index in [1.165, 1.54) is 25.7 Å². The number of amides is 1. The standard InChI is InChI=1S/C13H24N2OS/c1-10(14)6-7-13(16)15-8-9-17-12-5-3-2-4-11(12)15/h10-12H,2-9,14H2,1H3. The average molecular weight is 256 g/mol. The SMILES string of the molecule is CC(N)CCC(=O)N1CCSC2CCCCC21. The lowest BCUT2D eigenvalue weighted by molar-refractivity contribution is -0.134. The summed E-state index contributed by atoms with van der Waals surface area (Å²) in [4.78, 5) is 14.4. The molecule has 1 saturated heterocycles. The molecule has 1 amide bonds. The molecule has 98 valence electrons. The van der Waals surface area contributed by atoms with Gasteiger partial charge in [0, 0.05) is 36.1 Å². The summed E-state index contributed by atoms with van der Waals surface area (Å²) in [5.41, 5.74) is 5.73. The lowest BCUT2D eigenvalue weighted by Gasteiger charge is -2.43. The van der Waals surface area contributed by atoms with Crippen LogP contribution in [0.2, 0.25) is 0 Å². The van der Waals surface area contributed by atoms with Crippen LogP contribution in [0.1, 0.15) is 45.4 Å². The number of fused-ring (bicyclic) bond motifs is 1. The minimum absolute atomic E-state index is 0.139. The van der Waals surface area contributed by atoms with Gasteiger partial charge in [0.15, 0.2) is 0 Å². The highest BCUT2D eigenvalue weighted by Crippen LogP contribution is 2.35. The largest absolute Gasteiger partial charge is 0.338 e. The van der Waals surface area contributed by atoms with Crippen LogP contribution in [0.15, 0.2) is 0 Å². The van der Waals surface area contributed by atoms with Crippen LogP contribution in [0, 0.1) is 0 Å². The summed E-state index contributed by atoms with van der Waals surface area (Å²) in [6.07, 6.45) is 6.59. The molecule has 2 N–H and O–H groups in total. The van der Waals surface area contributed by atoms with E-state index in [0.717, 1.165) is 18.7 Å². The maximum absolute atomic E-state index is 12.2. The van der Waals surface area contributed by atoms with E-state index < -0.39 is 0 Å². The highest BCUT2D eigenvalue weighted by atomic mass is 32.2. The molecule has 3 unspecified atom stereocenters. The Balaban J connectivity index is 1.91. The Morgan fingerprint density at radius 2 is 2.24 bits per heavy atom. The van der Waals surface area contributed by atoms with Crippen molar-refractivity contribution >= 4 is 17.7 Å². The van der Waals surface area contributed by atoms with Gasteiger partial charge in [-0.15, -0.1) is 0 Å². The normalized spacial score (nSPS) is 30.8. The first-order valence-corrected chi connectivity index (χ1v) is 7.90. The summed E-state index contributed by atoms with van der Waals surface area (Å²) in [6, 6.07) is 0.656. The Hall–Kier alpha value is -0.220. The van der Waals surface area contributed by atoms with Crippen molar-refractivity contribution in [1.82, 2.24) is 4.90 Å². The number of rotatable bonds is 3. The van der Waals surface area contributed by atoms with Crippen molar-refractivity contribution in [1.29, 1.82) is 0 Å². The Kier molecular flexibility index (Phi) is 4.74. The fraction of sp³-hybridized carbons (Fsp3) is 0.923. The molecule has 1 heterocycles. The Morgan fingerprint density at radius 3 is 3.00 bits per heavy atom. The zero-order valence-electron chi connectivity index (χ0n) is 10.7. The van der Waals surface area contributed by atoms with Crippen LogP contribution in [-0.4, -0.2) is 40.4 Å². The van der Waals surface area contributed by atoms with Gasteiger partial charge < -0.3 is 10.6 Å². The topological polar surface area (TPSA) is 46.3 Å². The molecule has 0 spiro atoms. The van der Waals surface area contributed by atoms with Crippen molar-refractivity contribution in [2.24, 2.45) is 5.73 Å². The minimum Gasteiger partial charge on any atom is -0.338 e. The summed E-state index contributed by atoms with van der Waals surface area (Å²) in [5.74, 6) is 1.45. The van der Waals surface area contributed by atoms with Crippen molar-refractivity contribution < 1.29 is 4.79 Å². The van der Waals surface area contributed by atoms with E-state index >= 15 is 0 Å². The minimum atomic E-state index is 0.139. The maximum atomic E-state index is 12.2. The van der Waals surface area contributed by atoms with Gasteiger partial charge in [0.2, 0.25) is 5.91 Å². The number of carbonyl (C=O) groups is 1. The average Bonchev–Trinajstić information content (AvgIpc) is 2.35. The Morgan fingerprint density at radius 1 is 1.47 bits per heavy atom. The molecule has 1 aliphatic heterocycles. The van der Waals surface area contributed by atoms with Gasteiger partial charge in [0.25, 0.3) is 0 Å². The maximum Gasteiger partial charge on any atom is 0.222 e. The van der Waals surface area contributed by atoms with Gasteiger partial charge in [-0.05, 0) is 26.2 Å². The number of nitrogens with zero attached hydrogens (tertiary/aromatic N) is 1. The summed E-state index contributed by atoms with van der Waals surface area (Å²) in [6.45, 7) is 2.92. The molecule has 1 saturated carbocycles.